The van der Waals surface area contributed by atoms with Gasteiger partial charge in [0, 0.05) is 0 Å². The number of benzene rings is 2. The van der Waals surface area contributed by atoms with Crippen LogP contribution >= 0.6 is 0 Å². The van der Waals surface area contributed by atoms with Gasteiger partial charge in [-0.1, -0.05) is 67.6 Å². The van der Waals surface area contributed by atoms with Crippen LogP contribution in [-0.4, -0.2) is 11.0 Å². The van der Waals surface area contributed by atoms with Crippen LogP contribution in [0.15, 0.2) is 60.7 Å². The Labute approximate surface area is 118 Å². The van der Waals surface area contributed by atoms with Crippen molar-refractivity contribution in [1.82, 2.24) is 5.43 Å². The molecule has 0 aliphatic carbocycles. The first kappa shape index (κ1) is 14.2. The summed E-state index contributed by atoms with van der Waals surface area (Å²) >= 11 is 0. The van der Waals surface area contributed by atoms with Crippen molar-refractivity contribution in [2.45, 2.75) is 12.5 Å². The highest BCUT2D eigenvalue weighted by Crippen LogP contribution is 2.36. The van der Waals surface area contributed by atoms with Gasteiger partial charge in [0.25, 0.3) is 0 Å². The molecule has 1 atom stereocenters. The highest BCUT2D eigenvalue weighted by molar-refractivity contribution is 5.80. The molecule has 0 radical (unpaired) electrons. The Bertz CT molecular complexity index is 530. The molecule has 4 heteroatoms. The van der Waals surface area contributed by atoms with Gasteiger partial charge in [-0.2, -0.15) is 0 Å². The molecule has 0 aromatic heterocycles. The predicted molar refractivity (Wildman–Crippen MR) is 77.4 cm³/mol. The number of nitrogens with one attached hydrogen (secondary N) is 1. The number of carbonyl (C=O) groups is 1. The fourth-order valence-electron chi connectivity index (χ4n) is 2.37. The summed E-state index contributed by atoms with van der Waals surface area (Å²) in [6.07, 6.45) is 0. The monoisotopic (exact) mass is 270 g/mol. The molecule has 0 fully saturated rings. The van der Waals surface area contributed by atoms with Crippen LogP contribution in [0, 0.1) is 5.92 Å². The zero-order valence-corrected chi connectivity index (χ0v) is 11.3. The normalized spacial score (nSPS) is 12.8. The average Bonchev–Trinajstić information content (AvgIpc) is 2.54. The standard InChI is InChI=1S/C16H18N2O2/c1-12(15(19)18-17)16(20,13-8-4-2-5-9-13)14-10-6-3-7-11-14/h2-12,20H,17H2,1H3,(H,18,19). The minimum absolute atomic E-state index is 0.416. The highest BCUT2D eigenvalue weighted by atomic mass is 16.3. The summed E-state index contributed by atoms with van der Waals surface area (Å²) in [6.45, 7) is 1.65. The molecule has 0 saturated carbocycles. The fraction of sp³-hybridized carbons (Fsp3) is 0.188. The molecule has 0 spiro atoms. The maximum absolute atomic E-state index is 11.9. The maximum atomic E-state index is 11.9. The van der Waals surface area contributed by atoms with E-state index in [9.17, 15) is 9.90 Å². The molecule has 0 bridgehead atoms. The molecule has 0 heterocycles. The third-order valence-corrected chi connectivity index (χ3v) is 3.59. The molecule has 2 aromatic carbocycles. The summed E-state index contributed by atoms with van der Waals surface area (Å²) in [6, 6.07) is 18.2. The Morgan fingerprint density at radius 2 is 1.45 bits per heavy atom. The van der Waals surface area contributed by atoms with Crippen molar-refractivity contribution in [1.29, 1.82) is 0 Å². The van der Waals surface area contributed by atoms with Gasteiger partial charge in [-0.15, -0.1) is 0 Å². The van der Waals surface area contributed by atoms with Crippen LogP contribution in [0.1, 0.15) is 18.1 Å². The number of hydrogen-bond acceptors (Lipinski definition) is 3. The lowest BCUT2D eigenvalue weighted by Crippen LogP contribution is -2.46. The van der Waals surface area contributed by atoms with Crippen LogP contribution in [0.5, 0.6) is 0 Å². The first-order chi connectivity index (χ1) is 9.60. The van der Waals surface area contributed by atoms with E-state index in [4.69, 9.17) is 5.84 Å². The smallest absolute Gasteiger partial charge is 0.240 e. The van der Waals surface area contributed by atoms with Crippen LogP contribution in [-0.2, 0) is 10.4 Å². The topological polar surface area (TPSA) is 75.4 Å². The molecule has 4 nitrogen and oxygen atoms in total. The van der Waals surface area contributed by atoms with Crippen molar-refractivity contribution < 1.29 is 9.90 Å². The molecule has 1 amide bonds. The summed E-state index contributed by atoms with van der Waals surface area (Å²) in [4.78, 5) is 11.9. The van der Waals surface area contributed by atoms with Crippen molar-refractivity contribution in [3.63, 3.8) is 0 Å². The van der Waals surface area contributed by atoms with E-state index in [1.54, 1.807) is 31.2 Å². The Kier molecular flexibility index (Phi) is 4.17. The molecule has 2 aromatic rings. The second kappa shape index (κ2) is 5.86. The minimum atomic E-state index is -1.42. The van der Waals surface area contributed by atoms with Gasteiger partial charge in [0.15, 0.2) is 0 Å². The van der Waals surface area contributed by atoms with E-state index < -0.39 is 17.4 Å². The molecule has 2 rings (SSSR count). The van der Waals surface area contributed by atoms with Gasteiger partial charge in [0.2, 0.25) is 5.91 Å². The third kappa shape index (κ3) is 2.43. The summed E-state index contributed by atoms with van der Waals surface area (Å²) in [5, 5.41) is 11.2. The average molecular weight is 270 g/mol. The van der Waals surface area contributed by atoms with Gasteiger partial charge in [0.1, 0.15) is 5.60 Å². The van der Waals surface area contributed by atoms with Crippen molar-refractivity contribution in [3.8, 4) is 0 Å². The van der Waals surface area contributed by atoms with Gasteiger partial charge in [-0.3, -0.25) is 10.2 Å². The van der Waals surface area contributed by atoms with Gasteiger partial charge >= 0.3 is 0 Å². The lowest BCUT2D eigenvalue weighted by Gasteiger charge is -2.34. The Morgan fingerprint density at radius 1 is 1.05 bits per heavy atom. The molecule has 0 aliphatic heterocycles. The molecule has 20 heavy (non-hydrogen) atoms. The molecule has 0 aliphatic rings. The van der Waals surface area contributed by atoms with Crippen LogP contribution < -0.4 is 11.3 Å². The number of hydrogen-bond donors (Lipinski definition) is 3. The second-order valence-electron chi connectivity index (χ2n) is 4.73. The van der Waals surface area contributed by atoms with E-state index in [0.29, 0.717) is 11.1 Å². The zero-order chi connectivity index (χ0) is 14.6. The molecule has 0 saturated heterocycles. The summed E-state index contributed by atoms with van der Waals surface area (Å²) in [5.74, 6) is 4.07. The van der Waals surface area contributed by atoms with E-state index in [-0.39, 0.29) is 0 Å². The largest absolute Gasteiger partial charge is 0.380 e. The summed E-state index contributed by atoms with van der Waals surface area (Å²) < 4.78 is 0. The summed E-state index contributed by atoms with van der Waals surface area (Å²) in [5.41, 5.74) is 2.00. The number of hydrazine groups is 1. The molecular weight excluding hydrogens is 252 g/mol. The molecule has 1 unspecified atom stereocenters. The van der Waals surface area contributed by atoms with Crippen LogP contribution in [0.4, 0.5) is 0 Å². The summed E-state index contributed by atoms with van der Waals surface area (Å²) in [7, 11) is 0. The Balaban J connectivity index is 2.58. The lowest BCUT2D eigenvalue weighted by atomic mass is 9.76. The highest BCUT2D eigenvalue weighted by Gasteiger charge is 2.41. The van der Waals surface area contributed by atoms with E-state index in [2.05, 4.69) is 5.43 Å². The van der Waals surface area contributed by atoms with Crippen LogP contribution in [0.25, 0.3) is 0 Å². The van der Waals surface area contributed by atoms with Crippen LogP contribution in [0.2, 0.25) is 0 Å². The third-order valence-electron chi connectivity index (χ3n) is 3.59. The van der Waals surface area contributed by atoms with E-state index in [1.165, 1.54) is 0 Å². The number of carbonyl (C=O) groups excluding carboxylic acids is 1. The van der Waals surface area contributed by atoms with Crippen molar-refractivity contribution in [2.24, 2.45) is 11.8 Å². The molecule has 104 valence electrons. The van der Waals surface area contributed by atoms with Gasteiger partial charge < -0.3 is 5.11 Å². The number of rotatable bonds is 4. The predicted octanol–water partition coefficient (Wildman–Crippen LogP) is 1.55. The Hall–Kier alpha value is -2.17. The fourth-order valence-corrected chi connectivity index (χ4v) is 2.37. The maximum Gasteiger partial charge on any atom is 0.240 e. The first-order valence-corrected chi connectivity index (χ1v) is 6.44. The second-order valence-corrected chi connectivity index (χ2v) is 4.73. The van der Waals surface area contributed by atoms with Gasteiger partial charge in [0.05, 0.1) is 5.92 Å². The Morgan fingerprint density at radius 3 is 1.80 bits per heavy atom. The quantitative estimate of drug-likeness (QED) is 0.448. The number of aliphatic hydroxyl groups is 1. The SMILES string of the molecule is CC(C(=O)NN)C(O)(c1ccccc1)c1ccccc1. The van der Waals surface area contributed by atoms with Gasteiger partial charge in [-0.25, -0.2) is 5.84 Å². The number of amides is 1. The van der Waals surface area contributed by atoms with Gasteiger partial charge in [-0.05, 0) is 11.1 Å². The lowest BCUT2D eigenvalue weighted by molar-refractivity contribution is -0.131. The number of nitrogens with two attached hydrogens (primary N) is 1. The van der Waals surface area contributed by atoms with Crippen molar-refractivity contribution >= 4 is 5.91 Å². The minimum Gasteiger partial charge on any atom is -0.380 e. The first-order valence-electron chi connectivity index (χ1n) is 6.44. The van der Waals surface area contributed by atoms with Crippen molar-refractivity contribution in [2.75, 3.05) is 0 Å². The van der Waals surface area contributed by atoms with E-state index >= 15 is 0 Å². The zero-order valence-electron chi connectivity index (χ0n) is 11.3. The van der Waals surface area contributed by atoms with Crippen LogP contribution in [0.3, 0.4) is 0 Å². The van der Waals surface area contributed by atoms with E-state index in [1.807, 2.05) is 36.4 Å². The molecular formula is C16H18N2O2. The van der Waals surface area contributed by atoms with E-state index in [0.717, 1.165) is 0 Å². The van der Waals surface area contributed by atoms with Crippen molar-refractivity contribution in [3.05, 3.63) is 71.8 Å². The molecule has 4 N–H and O–H groups in total.